The second-order valence-corrected chi connectivity index (χ2v) is 9.02. The molecule has 1 aromatic heterocycles. The standard InChI is InChI=1S/C28H25FN6O2/c1-34(2)16-25(36)35(3)20-8-6-19(7-9-20)32-27(17-4-11-22-24(14-17)31-13-12-30-22)26-21-10-5-18(29)15-23(21)33-28(26)37/h4-15,32H,16H2,1-3H3,(H,33,37). The van der Waals surface area contributed by atoms with E-state index in [0.29, 0.717) is 40.3 Å². The third-order valence-corrected chi connectivity index (χ3v) is 6.08. The Balaban J connectivity index is 1.56. The van der Waals surface area contributed by atoms with E-state index in [1.807, 2.05) is 61.5 Å². The van der Waals surface area contributed by atoms with Gasteiger partial charge in [0, 0.05) is 41.9 Å². The number of hydrogen-bond acceptors (Lipinski definition) is 6. The lowest BCUT2D eigenvalue weighted by molar-refractivity contribution is -0.119. The fraction of sp³-hybridized carbons (Fsp3) is 0.143. The molecule has 0 radical (unpaired) electrons. The number of carbonyl (C=O) groups is 2. The van der Waals surface area contributed by atoms with Crippen molar-refractivity contribution in [3.05, 3.63) is 90.0 Å². The number of anilines is 3. The molecule has 0 fully saturated rings. The van der Waals surface area contributed by atoms with E-state index in [4.69, 9.17) is 0 Å². The molecule has 3 aromatic carbocycles. The molecule has 1 aliphatic rings. The van der Waals surface area contributed by atoms with Crippen molar-refractivity contribution < 1.29 is 14.0 Å². The molecule has 1 aliphatic heterocycles. The number of nitrogens with one attached hydrogen (secondary N) is 2. The molecule has 5 rings (SSSR count). The number of rotatable bonds is 6. The van der Waals surface area contributed by atoms with Crippen LogP contribution in [0.15, 0.2) is 73.1 Å². The Bertz CT molecular complexity index is 1550. The second-order valence-electron chi connectivity index (χ2n) is 9.02. The molecule has 0 atom stereocenters. The van der Waals surface area contributed by atoms with Gasteiger partial charge in [-0.25, -0.2) is 4.39 Å². The summed E-state index contributed by atoms with van der Waals surface area (Å²) in [5, 5.41) is 6.14. The zero-order valence-electron chi connectivity index (χ0n) is 20.6. The van der Waals surface area contributed by atoms with Gasteiger partial charge in [-0.05, 0) is 68.7 Å². The Labute approximate surface area is 213 Å². The SMILES string of the molecule is CN(C)CC(=O)N(C)c1ccc(NC(=C2C(=O)Nc3cc(F)ccc32)c2ccc3nccnc3c2)cc1. The van der Waals surface area contributed by atoms with E-state index >= 15 is 0 Å². The van der Waals surface area contributed by atoms with Crippen molar-refractivity contribution >= 4 is 51.2 Å². The van der Waals surface area contributed by atoms with Crippen molar-refractivity contribution in [1.82, 2.24) is 14.9 Å². The van der Waals surface area contributed by atoms with Gasteiger partial charge < -0.3 is 20.4 Å². The summed E-state index contributed by atoms with van der Waals surface area (Å²) in [6.07, 6.45) is 3.23. The Morgan fingerprint density at radius 1 is 0.946 bits per heavy atom. The smallest absolute Gasteiger partial charge is 0.258 e. The first-order chi connectivity index (χ1) is 17.8. The van der Waals surface area contributed by atoms with Crippen LogP contribution in [-0.4, -0.2) is 54.4 Å². The monoisotopic (exact) mass is 496 g/mol. The first kappa shape index (κ1) is 24.1. The van der Waals surface area contributed by atoms with Crippen molar-refractivity contribution in [2.75, 3.05) is 43.2 Å². The average Bonchev–Trinajstić information content (AvgIpc) is 3.21. The highest BCUT2D eigenvalue weighted by Gasteiger charge is 2.29. The van der Waals surface area contributed by atoms with Gasteiger partial charge in [0.2, 0.25) is 5.91 Å². The maximum atomic E-state index is 13.9. The number of benzene rings is 3. The van der Waals surface area contributed by atoms with E-state index in [2.05, 4.69) is 20.6 Å². The van der Waals surface area contributed by atoms with Gasteiger partial charge in [0.25, 0.3) is 5.91 Å². The van der Waals surface area contributed by atoms with Crippen LogP contribution in [-0.2, 0) is 9.59 Å². The highest BCUT2D eigenvalue weighted by molar-refractivity contribution is 6.37. The Morgan fingerprint density at radius 2 is 1.68 bits per heavy atom. The van der Waals surface area contributed by atoms with Crippen molar-refractivity contribution in [2.24, 2.45) is 0 Å². The van der Waals surface area contributed by atoms with Crippen molar-refractivity contribution in [3.8, 4) is 0 Å². The maximum Gasteiger partial charge on any atom is 0.258 e. The molecule has 0 unspecified atom stereocenters. The van der Waals surface area contributed by atoms with Crippen LogP contribution in [0.3, 0.4) is 0 Å². The first-order valence-electron chi connectivity index (χ1n) is 11.7. The van der Waals surface area contributed by atoms with Crippen LogP contribution in [0.5, 0.6) is 0 Å². The molecule has 2 N–H and O–H groups in total. The Hall–Kier alpha value is -4.63. The molecule has 0 spiro atoms. The third kappa shape index (κ3) is 4.89. The van der Waals surface area contributed by atoms with E-state index in [1.165, 1.54) is 12.1 Å². The molecule has 0 saturated carbocycles. The molecule has 2 amide bonds. The number of likely N-dealkylation sites (N-methyl/N-ethyl adjacent to an activating group) is 2. The van der Waals surface area contributed by atoms with E-state index in [-0.39, 0.29) is 11.8 Å². The Morgan fingerprint density at radius 3 is 2.41 bits per heavy atom. The van der Waals surface area contributed by atoms with Gasteiger partial charge in [0.1, 0.15) is 5.82 Å². The van der Waals surface area contributed by atoms with Crippen LogP contribution in [0.25, 0.3) is 22.3 Å². The summed E-state index contributed by atoms with van der Waals surface area (Å²) in [5.41, 5.74) is 5.51. The third-order valence-electron chi connectivity index (χ3n) is 6.08. The number of halogens is 1. The molecule has 0 saturated heterocycles. The van der Waals surface area contributed by atoms with Crippen LogP contribution in [0.4, 0.5) is 21.5 Å². The van der Waals surface area contributed by atoms with Crippen LogP contribution < -0.4 is 15.5 Å². The first-order valence-corrected chi connectivity index (χ1v) is 11.7. The minimum absolute atomic E-state index is 0.0303. The number of hydrogen-bond donors (Lipinski definition) is 2. The van der Waals surface area contributed by atoms with Crippen LogP contribution in [0, 0.1) is 5.82 Å². The van der Waals surface area contributed by atoms with Crippen LogP contribution >= 0.6 is 0 Å². The quantitative estimate of drug-likeness (QED) is 0.389. The predicted molar refractivity (Wildman–Crippen MR) is 143 cm³/mol. The van der Waals surface area contributed by atoms with E-state index in [1.54, 1.807) is 30.4 Å². The molecule has 37 heavy (non-hydrogen) atoms. The molecule has 9 heteroatoms. The van der Waals surface area contributed by atoms with Crippen molar-refractivity contribution in [3.63, 3.8) is 0 Å². The van der Waals surface area contributed by atoms with E-state index < -0.39 is 5.82 Å². The number of aromatic nitrogens is 2. The van der Waals surface area contributed by atoms with E-state index in [9.17, 15) is 14.0 Å². The van der Waals surface area contributed by atoms with Crippen LogP contribution in [0.1, 0.15) is 11.1 Å². The van der Waals surface area contributed by atoms with Crippen molar-refractivity contribution in [1.29, 1.82) is 0 Å². The molecule has 0 aliphatic carbocycles. The highest BCUT2D eigenvalue weighted by atomic mass is 19.1. The minimum Gasteiger partial charge on any atom is -0.354 e. The summed E-state index contributed by atoms with van der Waals surface area (Å²) in [6, 6.07) is 17.1. The average molecular weight is 497 g/mol. The maximum absolute atomic E-state index is 13.9. The van der Waals surface area contributed by atoms with Gasteiger partial charge in [-0.1, -0.05) is 6.07 Å². The number of nitrogens with zero attached hydrogens (tertiary/aromatic N) is 4. The molecule has 186 valence electrons. The molecular weight excluding hydrogens is 471 g/mol. The summed E-state index contributed by atoms with van der Waals surface area (Å²) in [4.78, 5) is 37.7. The van der Waals surface area contributed by atoms with Gasteiger partial charge in [-0.2, -0.15) is 0 Å². The summed E-state index contributed by atoms with van der Waals surface area (Å²) >= 11 is 0. The topological polar surface area (TPSA) is 90.5 Å². The summed E-state index contributed by atoms with van der Waals surface area (Å²) in [6.45, 7) is 0.298. The van der Waals surface area contributed by atoms with Gasteiger partial charge in [-0.3, -0.25) is 19.6 Å². The summed E-state index contributed by atoms with van der Waals surface area (Å²) in [5.74, 6) is -0.801. The van der Waals surface area contributed by atoms with E-state index in [0.717, 1.165) is 16.8 Å². The molecule has 0 bridgehead atoms. The Kier molecular flexibility index (Phi) is 6.37. The number of fused-ring (bicyclic) bond motifs is 2. The molecular formula is C28H25FN6O2. The lowest BCUT2D eigenvalue weighted by atomic mass is 9.99. The zero-order valence-corrected chi connectivity index (χ0v) is 20.6. The summed E-state index contributed by atoms with van der Waals surface area (Å²) in [7, 11) is 5.42. The van der Waals surface area contributed by atoms with Crippen molar-refractivity contribution in [2.45, 2.75) is 0 Å². The lowest BCUT2D eigenvalue weighted by Gasteiger charge is -2.20. The van der Waals surface area contributed by atoms with Gasteiger partial charge in [-0.15, -0.1) is 0 Å². The fourth-order valence-electron chi connectivity index (χ4n) is 4.22. The largest absolute Gasteiger partial charge is 0.354 e. The predicted octanol–water partition coefficient (Wildman–Crippen LogP) is 4.23. The minimum atomic E-state index is -0.431. The lowest BCUT2D eigenvalue weighted by Crippen LogP contribution is -2.34. The number of amides is 2. The zero-order chi connectivity index (χ0) is 26.1. The fourth-order valence-corrected chi connectivity index (χ4v) is 4.22. The molecule has 2 heterocycles. The van der Waals surface area contributed by atoms with Gasteiger partial charge in [0.15, 0.2) is 0 Å². The van der Waals surface area contributed by atoms with Gasteiger partial charge in [0.05, 0.1) is 34.5 Å². The number of carbonyl (C=O) groups excluding carboxylic acids is 2. The summed E-state index contributed by atoms with van der Waals surface area (Å²) < 4.78 is 13.9. The van der Waals surface area contributed by atoms with Gasteiger partial charge >= 0.3 is 0 Å². The second kappa shape index (κ2) is 9.79. The molecule has 8 nitrogen and oxygen atoms in total. The highest BCUT2D eigenvalue weighted by Crippen LogP contribution is 2.38. The normalized spacial score (nSPS) is 13.9. The van der Waals surface area contributed by atoms with Crippen LogP contribution in [0.2, 0.25) is 0 Å². The molecule has 4 aromatic rings.